The molecule has 0 aliphatic rings. The molecule has 0 amide bonds. The van der Waals surface area contributed by atoms with Gasteiger partial charge in [0.05, 0.1) is 12.3 Å². The first-order valence-corrected chi connectivity index (χ1v) is 9.10. The van der Waals surface area contributed by atoms with Gasteiger partial charge in [0.1, 0.15) is 6.54 Å². The quantitative estimate of drug-likeness (QED) is 0.557. The number of para-hydroxylation sites is 2. The molecule has 0 unspecified atom stereocenters. The summed E-state index contributed by atoms with van der Waals surface area (Å²) in [5.74, 6) is -0.224. The molecule has 120 valence electrons. The highest BCUT2D eigenvalue weighted by Gasteiger charge is 2.16. The zero-order chi connectivity index (χ0) is 16.3. The first-order valence-electron chi connectivity index (χ1n) is 7.49. The summed E-state index contributed by atoms with van der Waals surface area (Å²) in [5.41, 5.74) is 3.36. The van der Waals surface area contributed by atoms with E-state index in [1.807, 2.05) is 47.3 Å². The highest BCUT2D eigenvalue weighted by atomic mass is 32.2. The molecule has 0 fully saturated rings. The Hall–Kier alpha value is -2.18. The largest absolute Gasteiger partial charge is 0.286 e. The number of nitrogens with zero attached hydrogens (tertiary/aromatic N) is 2. The van der Waals surface area contributed by atoms with Gasteiger partial charge >= 0.3 is 0 Å². The van der Waals surface area contributed by atoms with Crippen LogP contribution in [0.2, 0.25) is 0 Å². The van der Waals surface area contributed by atoms with Crippen molar-refractivity contribution >= 4 is 21.2 Å². The van der Waals surface area contributed by atoms with Crippen LogP contribution >= 0.6 is 0 Å². The molecular formula is C17H19N2O3S+. The Morgan fingerprint density at radius 3 is 2.43 bits per heavy atom. The molecule has 1 aromatic heterocycles. The fraction of sp³-hybridized carbons (Fsp3) is 0.235. The summed E-state index contributed by atoms with van der Waals surface area (Å²) in [7, 11) is -3.91. The van der Waals surface area contributed by atoms with Gasteiger partial charge in [-0.3, -0.25) is 4.55 Å². The highest BCUT2D eigenvalue weighted by Crippen LogP contribution is 2.12. The van der Waals surface area contributed by atoms with E-state index in [0.29, 0.717) is 13.0 Å². The van der Waals surface area contributed by atoms with E-state index in [-0.39, 0.29) is 5.75 Å². The van der Waals surface area contributed by atoms with Crippen molar-refractivity contribution in [2.24, 2.45) is 0 Å². The van der Waals surface area contributed by atoms with Crippen molar-refractivity contribution in [1.82, 2.24) is 4.57 Å². The van der Waals surface area contributed by atoms with E-state index in [9.17, 15) is 8.42 Å². The zero-order valence-corrected chi connectivity index (χ0v) is 13.5. The standard InChI is InChI=1S/C17H18N2O3S/c20-23(21,22)12-6-11-18-14-19(13-15-7-2-1-3-8-15)17-10-5-4-9-16(17)18/h1-5,7-10,14H,6,11-13H2/p+1. The number of hydrogen-bond acceptors (Lipinski definition) is 2. The number of rotatable bonds is 6. The molecule has 0 saturated carbocycles. The number of fused-ring (bicyclic) bond motifs is 1. The van der Waals surface area contributed by atoms with Crippen LogP contribution in [0.1, 0.15) is 12.0 Å². The Morgan fingerprint density at radius 2 is 1.70 bits per heavy atom. The molecule has 2 aromatic carbocycles. The molecule has 0 bridgehead atoms. The normalized spacial score (nSPS) is 11.9. The summed E-state index contributed by atoms with van der Waals surface area (Å²) in [6, 6.07) is 18.2. The van der Waals surface area contributed by atoms with Gasteiger partial charge in [-0.05, 0) is 17.7 Å². The monoisotopic (exact) mass is 331 g/mol. The fourth-order valence-corrected chi connectivity index (χ4v) is 3.24. The molecule has 0 spiro atoms. The summed E-state index contributed by atoms with van der Waals surface area (Å²) in [4.78, 5) is 0. The first-order chi connectivity index (χ1) is 11.0. The maximum absolute atomic E-state index is 10.9. The van der Waals surface area contributed by atoms with Crippen LogP contribution in [0.4, 0.5) is 0 Å². The third kappa shape index (κ3) is 3.97. The van der Waals surface area contributed by atoms with Crippen LogP contribution in [0.5, 0.6) is 0 Å². The Balaban J connectivity index is 1.87. The smallest absolute Gasteiger partial charge is 0.265 e. The summed E-state index contributed by atoms with van der Waals surface area (Å²) in [6.45, 7) is 1.30. The molecule has 1 N–H and O–H groups in total. The van der Waals surface area contributed by atoms with Gasteiger partial charge in [0.15, 0.2) is 11.0 Å². The lowest BCUT2D eigenvalue weighted by molar-refractivity contribution is -0.663. The van der Waals surface area contributed by atoms with Crippen molar-refractivity contribution in [1.29, 1.82) is 0 Å². The van der Waals surface area contributed by atoms with Crippen LogP contribution in [0, 0.1) is 0 Å². The van der Waals surface area contributed by atoms with Crippen molar-refractivity contribution in [2.75, 3.05) is 5.75 Å². The zero-order valence-electron chi connectivity index (χ0n) is 12.7. The van der Waals surface area contributed by atoms with Gasteiger partial charge in [0.25, 0.3) is 10.1 Å². The minimum atomic E-state index is -3.91. The second-order valence-corrected chi connectivity index (χ2v) is 7.12. The van der Waals surface area contributed by atoms with Crippen LogP contribution in [0.3, 0.4) is 0 Å². The van der Waals surface area contributed by atoms with Crippen LogP contribution in [-0.4, -0.2) is 23.3 Å². The summed E-state index contributed by atoms with van der Waals surface area (Å²) in [5, 5.41) is 0. The van der Waals surface area contributed by atoms with Crippen molar-refractivity contribution in [3.8, 4) is 0 Å². The molecule has 6 heteroatoms. The topological polar surface area (TPSA) is 63.2 Å². The number of aromatic nitrogens is 2. The Labute approximate surface area is 135 Å². The maximum Gasteiger partial charge on any atom is 0.265 e. The van der Waals surface area contributed by atoms with E-state index in [2.05, 4.69) is 22.8 Å². The molecule has 3 rings (SSSR count). The molecule has 0 radical (unpaired) electrons. The molecule has 1 heterocycles. The number of benzene rings is 2. The minimum absolute atomic E-state index is 0.224. The number of hydrogen-bond donors (Lipinski definition) is 1. The molecule has 23 heavy (non-hydrogen) atoms. The summed E-state index contributed by atoms with van der Waals surface area (Å²) < 4.78 is 34.8. The van der Waals surface area contributed by atoms with E-state index in [1.165, 1.54) is 5.56 Å². The fourth-order valence-electron chi connectivity index (χ4n) is 2.74. The Kier molecular flexibility index (Phi) is 4.45. The Morgan fingerprint density at radius 1 is 1.00 bits per heavy atom. The second kappa shape index (κ2) is 6.52. The van der Waals surface area contributed by atoms with Gasteiger partial charge in [-0.1, -0.05) is 42.5 Å². The lowest BCUT2D eigenvalue weighted by atomic mass is 10.2. The van der Waals surface area contributed by atoms with Gasteiger partial charge < -0.3 is 0 Å². The molecule has 0 atom stereocenters. The van der Waals surface area contributed by atoms with E-state index < -0.39 is 10.1 Å². The van der Waals surface area contributed by atoms with Gasteiger partial charge in [-0.15, -0.1) is 0 Å². The third-order valence-corrected chi connectivity index (χ3v) is 4.58. The first kappa shape index (κ1) is 15.7. The molecule has 0 aliphatic carbocycles. The van der Waals surface area contributed by atoms with Gasteiger partial charge in [-0.2, -0.15) is 8.42 Å². The second-order valence-electron chi connectivity index (χ2n) is 5.55. The van der Waals surface area contributed by atoms with E-state index in [0.717, 1.165) is 17.6 Å². The van der Waals surface area contributed by atoms with Crippen LogP contribution in [0.15, 0.2) is 60.9 Å². The van der Waals surface area contributed by atoms with E-state index in [4.69, 9.17) is 4.55 Å². The molecular weight excluding hydrogens is 312 g/mol. The van der Waals surface area contributed by atoms with Crippen molar-refractivity contribution in [3.05, 3.63) is 66.5 Å². The van der Waals surface area contributed by atoms with Crippen LogP contribution in [-0.2, 0) is 23.2 Å². The third-order valence-electron chi connectivity index (χ3n) is 3.78. The van der Waals surface area contributed by atoms with E-state index in [1.54, 1.807) is 0 Å². The highest BCUT2D eigenvalue weighted by molar-refractivity contribution is 7.85. The summed E-state index contributed by atoms with van der Waals surface area (Å²) in [6.07, 6.45) is 2.38. The predicted octanol–water partition coefficient (Wildman–Crippen LogP) is 2.25. The summed E-state index contributed by atoms with van der Waals surface area (Å²) >= 11 is 0. The van der Waals surface area contributed by atoms with Crippen molar-refractivity contribution in [2.45, 2.75) is 19.5 Å². The Bertz CT molecular complexity index is 902. The molecule has 0 aliphatic heterocycles. The number of aryl methyl sites for hydroxylation is 1. The van der Waals surface area contributed by atoms with Crippen molar-refractivity contribution in [3.63, 3.8) is 0 Å². The molecule has 0 saturated heterocycles. The number of imidazole rings is 1. The molecule has 3 aromatic rings. The average molecular weight is 331 g/mol. The average Bonchev–Trinajstić information content (AvgIpc) is 2.86. The van der Waals surface area contributed by atoms with Gasteiger partial charge in [-0.25, -0.2) is 9.13 Å². The lowest BCUT2D eigenvalue weighted by Crippen LogP contribution is -2.32. The molecule has 5 nitrogen and oxygen atoms in total. The van der Waals surface area contributed by atoms with Gasteiger partial charge in [0.2, 0.25) is 6.33 Å². The maximum atomic E-state index is 10.9. The van der Waals surface area contributed by atoms with Crippen LogP contribution in [0.25, 0.3) is 11.0 Å². The van der Waals surface area contributed by atoms with Crippen LogP contribution < -0.4 is 4.57 Å². The lowest BCUT2D eigenvalue weighted by Gasteiger charge is -1.98. The van der Waals surface area contributed by atoms with Gasteiger partial charge in [0, 0.05) is 6.42 Å². The SMILES string of the molecule is O=S(=O)(O)CCCn1c[n+](Cc2ccccc2)c2ccccc21. The predicted molar refractivity (Wildman–Crippen MR) is 88.7 cm³/mol. The minimum Gasteiger partial charge on any atom is -0.286 e. The van der Waals surface area contributed by atoms with Crippen molar-refractivity contribution < 1.29 is 17.5 Å². The van der Waals surface area contributed by atoms with E-state index >= 15 is 0 Å².